The summed E-state index contributed by atoms with van der Waals surface area (Å²) in [5.41, 5.74) is 10.4. The minimum absolute atomic E-state index is 0.0631. The monoisotopic (exact) mass is 449 g/mol. The molecule has 1 aliphatic heterocycles. The molecule has 0 atom stereocenters. The van der Waals surface area contributed by atoms with Gasteiger partial charge < -0.3 is 15.6 Å². The molecule has 4 N–H and O–H groups in total. The number of ketones is 1. The molecule has 0 fully saturated rings. The van der Waals surface area contributed by atoms with E-state index in [2.05, 4.69) is 32.6 Å². The van der Waals surface area contributed by atoms with Crippen molar-refractivity contribution in [3.05, 3.63) is 59.1 Å². The number of rotatable bonds is 5. The van der Waals surface area contributed by atoms with Gasteiger partial charge in [-0.2, -0.15) is 0 Å². The summed E-state index contributed by atoms with van der Waals surface area (Å²) in [4.78, 5) is 33.9. The molecule has 3 aromatic rings. The van der Waals surface area contributed by atoms with Crippen molar-refractivity contribution in [2.75, 3.05) is 17.6 Å². The summed E-state index contributed by atoms with van der Waals surface area (Å²) in [6.07, 6.45) is 4.58. The second-order valence-corrected chi connectivity index (χ2v) is 7.82. The fraction of sp³-hybridized carbons (Fsp3) is 0.182. The number of nitrogens with one attached hydrogen (secondary N) is 2. The lowest BCUT2D eigenvalue weighted by Crippen LogP contribution is -2.42. The average molecular weight is 450 g/mol. The van der Waals surface area contributed by atoms with E-state index < -0.39 is 6.03 Å². The number of hydrazine groups is 1. The highest BCUT2D eigenvalue weighted by molar-refractivity contribution is 6.30. The van der Waals surface area contributed by atoms with E-state index in [1.165, 1.54) is 17.5 Å². The summed E-state index contributed by atoms with van der Waals surface area (Å²) in [6.45, 7) is 4.18. The summed E-state index contributed by atoms with van der Waals surface area (Å²) in [5, 5.41) is 5.10. The first-order chi connectivity index (χ1) is 15.3. The Morgan fingerprint density at radius 2 is 2.09 bits per heavy atom. The molecule has 0 aliphatic carbocycles. The molecule has 2 aromatic heterocycles. The molecular weight excluding hydrogens is 430 g/mol. The van der Waals surface area contributed by atoms with Gasteiger partial charge in [0.2, 0.25) is 5.78 Å². The van der Waals surface area contributed by atoms with Crippen molar-refractivity contribution in [3.63, 3.8) is 0 Å². The van der Waals surface area contributed by atoms with Crippen LogP contribution in [0.15, 0.2) is 48.6 Å². The molecule has 1 aliphatic rings. The third-order valence-electron chi connectivity index (χ3n) is 4.77. The SMILES string of the molecule is CC(C)n1cc(C(=O)C2=CN(NC(=O)Nc3cccc(Cl)c3)CC#C2)c2c(N)ncnc21. The van der Waals surface area contributed by atoms with Gasteiger partial charge >= 0.3 is 6.03 Å². The van der Waals surface area contributed by atoms with Crippen LogP contribution in [0.3, 0.4) is 0 Å². The molecule has 0 spiro atoms. The molecule has 9 nitrogen and oxygen atoms in total. The number of Topliss-reactive ketones (excluding diaryl/α,β-unsaturated/α-hetero) is 1. The molecule has 0 bridgehead atoms. The fourth-order valence-corrected chi connectivity index (χ4v) is 3.51. The van der Waals surface area contributed by atoms with Crippen LogP contribution in [0, 0.1) is 11.8 Å². The van der Waals surface area contributed by atoms with Gasteiger partial charge in [-0.25, -0.2) is 20.2 Å². The topological polar surface area (TPSA) is 118 Å². The minimum Gasteiger partial charge on any atom is -0.383 e. The van der Waals surface area contributed by atoms with E-state index in [1.807, 2.05) is 18.4 Å². The van der Waals surface area contributed by atoms with Gasteiger partial charge in [0.25, 0.3) is 0 Å². The number of anilines is 2. The summed E-state index contributed by atoms with van der Waals surface area (Å²) in [5.74, 6) is 5.59. The zero-order chi connectivity index (χ0) is 22.8. The molecule has 0 unspecified atom stereocenters. The highest BCUT2D eigenvalue weighted by Crippen LogP contribution is 2.28. The fourth-order valence-electron chi connectivity index (χ4n) is 3.32. The summed E-state index contributed by atoms with van der Waals surface area (Å²) in [6, 6.07) is 6.34. The van der Waals surface area contributed by atoms with Crippen LogP contribution in [0.1, 0.15) is 30.2 Å². The van der Waals surface area contributed by atoms with E-state index in [9.17, 15) is 9.59 Å². The lowest BCUT2D eigenvalue weighted by Gasteiger charge is -2.21. The van der Waals surface area contributed by atoms with Gasteiger partial charge in [0.15, 0.2) is 0 Å². The second kappa shape index (κ2) is 8.61. The van der Waals surface area contributed by atoms with Crippen LogP contribution in [0.2, 0.25) is 5.02 Å². The second-order valence-electron chi connectivity index (χ2n) is 7.38. The Balaban J connectivity index is 1.57. The lowest BCUT2D eigenvalue weighted by molar-refractivity contribution is 0.103. The number of halogens is 1. The third kappa shape index (κ3) is 4.22. The first-order valence-corrected chi connectivity index (χ1v) is 10.2. The van der Waals surface area contributed by atoms with Gasteiger partial charge in [-0.3, -0.25) is 9.80 Å². The zero-order valence-electron chi connectivity index (χ0n) is 17.4. The first kappa shape index (κ1) is 21.2. The van der Waals surface area contributed by atoms with Crippen molar-refractivity contribution >= 4 is 46.0 Å². The van der Waals surface area contributed by atoms with E-state index in [-0.39, 0.29) is 29.8 Å². The van der Waals surface area contributed by atoms with Gasteiger partial charge in [0, 0.05) is 29.1 Å². The number of benzene rings is 1. The molecule has 3 heterocycles. The maximum absolute atomic E-state index is 13.3. The number of nitrogen functional groups attached to an aromatic ring is 1. The molecule has 0 saturated carbocycles. The molecule has 4 rings (SSSR count). The smallest absolute Gasteiger partial charge is 0.338 e. The Morgan fingerprint density at radius 1 is 1.28 bits per heavy atom. The minimum atomic E-state index is -0.493. The van der Waals surface area contributed by atoms with Gasteiger partial charge in [0.1, 0.15) is 24.3 Å². The Hall–Kier alpha value is -4.03. The quantitative estimate of drug-likeness (QED) is 0.406. The Labute approximate surface area is 189 Å². The molecule has 2 amide bonds. The summed E-state index contributed by atoms with van der Waals surface area (Å²) < 4.78 is 1.87. The highest BCUT2D eigenvalue weighted by atomic mass is 35.5. The first-order valence-electron chi connectivity index (χ1n) is 9.79. The molecule has 1 aromatic carbocycles. The largest absolute Gasteiger partial charge is 0.383 e. The van der Waals surface area contributed by atoms with Crippen LogP contribution >= 0.6 is 11.6 Å². The van der Waals surface area contributed by atoms with Crippen LogP contribution in [0.5, 0.6) is 0 Å². The average Bonchev–Trinajstić information content (AvgIpc) is 3.15. The zero-order valence-corrected chi connectivity index (χ0v) is 18.1. The van der Waals surface area contributed by atoms with Crippen molar-refractivity contribution < 1.29 is 9.59 Å². The van der Waals surface area contributed by atoms with E-state index in [4.69, 9.17) is 17.3 Å². The molecule has 162 valence electrons. The predicted molar refractivity (Wildman–Crippen MR) is 123 cm³/mol. The maximum Gasteiger partial charge on any atom is 0.338 e. The van der Waals surface area contributed by atoms with Crippen LogP contribution in [-0.2, 0) is 0 Å². The normalized spacial score (nSPS) is 12.9. The number of carbonyl (C=O) groups excluding carboxylic acids is 2. The molecule has 0 radical (unpaired) electrons. The lowest BCUT2D eigenvalue weighted by atomic mass is 10.0. The van der Waals surface area contributed by atoms with E-state index >= 15 is 0 Å². The van der Waals surface area contributed by atoms with Crippen molar-refractivity contribution in [2.45, 2.75) is 19.9 Å². The maximum atomic E-state index is 13.3. The van der Waals surface area contributed by atoms with Gasteiger partial charge in [-0.05, 0) is 32.0 Å². The van der Waals surface area contributed by atoms with Crippen molar-refractivity contribution in [1.82, 2.24) is 25.0 Å². The van der Waals surface area contributed by atoms with Crippen molar-refractivity contribution in [3.8, 4) is 11.8 Å². The van der Waals surface area contributed by atoms with Gasteiger partial charge in [-0.15, -0.1) is 0 Å². The van der Waals surface area contributed by atoms with Gasteiger partial charge in [-0.1, -0.05) is 29.5 Å². The van der Waals surface area contributed by atoms with Gasteiger partial charge in [0.05, 0.1) is 16.5 Å². The third-order valence-corrected chi connectivity index (χ3v) is 5.00. The van der Waals surface area contributed by atoms with Crippen LogP contribution in [0.4, 0.5) is 16.3 Å². The summed E-state index contributed by atoms with van der Waals surface area (Å²) >= 11 is 5.94. The Bertz CT molecular complexity index is 1320. The van der Waals surface area contributed by atoms with Crippen molar-refractivity contribution in [2.24, 2.45) is 0 Å². The van der Waals surface area contributed by atoms with Crippen LogP contribution < -0.4 is 16.5 Å². The molecule has 0 saturated heterocycles. The number of carbonyl (C=O) groups is 2. The predicted octanol–water partition coefficient (Wildman–Crippen LogP) is 3.37. The Morgan fingerprint density at radius 3 is 2.84 bits per heavy atom. The molecule has 32 heavy (non-hydrogen) atoms. The van der Waals surface area contributed by atoms with Crippen LogP contribution in [0.25, 0.3) is 11.0 Å². The van der Waals surface area contributed by atoms with Crippen LogP contribution in [-0.4, -0.2) is 37.9 Å². The number of fused-ring (bicyclic) bond motifs is 1. The van der Waals surface area contributed by atoms with E-state index in [1.54, 1.807) is 30.5 Å². The Kier molecular flexibility index (Phi) is 5.71. The standard InChI is InChI=1S/C22H20ClN7O2/c1-13(2)30-11-17(18-20(24)25-12-26-21(18)30)19(31)14-5-4-8-29(10-14)28-22(32)27-16-7-3-6-15(23)9-16/h3,6-7,9-13H,8H2,1-2H3,(H2,24,25,26)(H2,27,28,32). The molecular formula is C22H20ClN7O2. The number of aromatic nitrogens is 3. The summed E-state index contributed by atoms with van der Waals surface area (Å²) in [7, 11) is 0. The number of nitrogens with two attached hydrogens (primary N) is 1. The number of hydrogen-bond acceptors (Lipinski definition) is 6. The van der Waals surface area contributed by atoms with E-state index in [0.29, 0.717) is 27.3 Å². The number of hydrogen-bond donors (Lipinski definition) is 3. The number of nitrogens with zero attached hydrogens (tertiary/aromatic N) is 4. The number of amides is 2. The molecule has 10 heteroatoms. The van der Waals surface area contributed by atoms with Crippen molar-refractivity contribution in [1.29, 1.82) is 0 Å². The number of urea groups is 1. The highest BCUT2D eigenvalue weighted by Gasteiger charge is 2.23. The number of allylic oxidation sites excluding steroid dienone is 1. The van der Waals surface area contributed by atoms with E-state index in [0.717, 1.165) is 0 Å².